The second kappa shape index (κ2) is 8.24. The van der Waals surface area contributed by atoms with Gasteiger partial charge in [0.25, 0.3) is 11.5 Å². The summed E-state index contributed by atoms with van der Waals surface area (Å²) in [6.45, 7) is 2.06. The fourth-order valence-corrected chi connectivity index (χ4v) is 2.73. The van der Waals surface area contributed by atoms with Crippen LogP contribution in [0.2, 0.25) is 10.0 Å². The van der Waals surface area contributed by atoms with Crippen molar-refractivity contribution in [3.8, 4) is 0 Å². The Balaban J connectivity index is 1.75. The molecule has 0 fully saturated rings. The van der Waals surface area contributed by atoms with Gasteiger partial charge >= 0.3 is 0 Å². The molecule has 0 aliphatic heterocycles. The lowest BCUT2D eigenvalue weighted by Gasteiger charge is -2.08. The Kier molecular flexibility index (Phi) is 5.78. The highest BCUT2D eigenvalue weighted by atomic mass is 35.5. The first-order valence-electron chi connectivity index (χ1n) is 7.97. The molecule has 0 spiro atoms. The highest BCUT2D eigenvalue weighted by Gasteiger charge is 2.12. The molecule has 0 saturated heterocycles. The largest absolute Gasteiger partial charge is 0.460 e. The van der Waals surface area contributed by atoms with Crippen LogP contribution in [-0.2, 0) is 6.54 Å². The number of hydrazone groups is 1. The molecule has 0 bridgehead atoms. The number of carbonyl (C=O) groups excluding carboxylic acids is 1. The fourth-order valence-electron chi connectivity index (χ4n) is 2.41. The molecule has 27 heavy (non-hydrogen) atoms. The first-order chi connectivity index (χ1) is 12.9. The van der Waals surface area contributed by atoms with Gasteiger partial charge in [0.15, 0.2) is 0 Å². The molecule has 0 aliphatic carbocycles. The number of nitrogens with one attached hydrogen (secondary N) is 1. The van der Waals surface area contributed by atoms with Gasteiger partial charge in [-0.25, -0.2) is 5.43 Å². The van der Waals surface area contributed by atoms with Crippen LogP contribution in [0, 0.1) is 6.92 Å². The zero-order chi connectivity index (χ0) is 19.4. The van der Waals surface area contributed by atoms with Crippen LogP contribution in [0.1, 0.15) is 27.4 Å². The third kappa shape index (κ3) is 4.67. The molecule has 3 aromatic rings. The van der Waals surface area contributed by atoms with Crippen molar-refractivity contribution in [1.29, 1.82) is 0 Å². The van der Waals surface area contributed by atoms with Gasteiger partial charge in [0.2, 0.25) is 0 Å². The summed E-state index contributed by atoms with van der Waals surface area (Å²) in [5, 5.41) is 4.65. The van der Waals surface area contributed by atoms with Gasteiger partial charge in [-0.1, -0.05) is 29.3 Å². The van der Waals surface area contributed by atoms with Crippen LogP contribution in [0.25, 0.3) is 0 Å². The van der Waals surface area contributed by atoms with E-state index in [4.69, 9.17) is 27.6 Å². The minimum Gasteiger partial charge on any atom is -0.460 e. The molecule has 1 aromatic carbocycles. The lowest BCUT2D eigenvalue weighted by Crippen LogP contribution is -2.30. The highest BCUT2D eigenvalue weighted by molar-refractivity contribution is 6.42. The minimum absolute atomic E-state index is 0.0228. The number of hydrogen-bond acceptors (Lipinski definition) is 4. The van der Waals surface area contributed by atoms with Crippen LogP contribution in [0.15, 0.2) is 63.0 Å². The Morgan fingerprint density at radius 1 is 1.22 bits per heavy atom. The quantitative estimate of drug-likeness (QED) is 0.518. The molecule has 2 heterocycles. The number of aromatic nitrogens is 1. The maximum atomic E-state index is 12.6. The predicted octanol–water partition coefficient (Wildman–Crippen LogP) is 3.87. The molecule has 6 nitrogen and oxygen atoms in total. The van der Waals surface area contributed by atoms with Crippen molar-refractivity contribution < 1.29 is 9.21 Å². The summed E-state index contributed by atoms with van der Waals surface area (Å²) in [7, 11) is 0. The Labute approximate surface area is 165 Å². The number of benzene rings is 1. The lowest BCUT2D eigenvalue weighted by molar-refractivity contribution is 0.0953. The summed E-state index contributed by atoms with van der Waals surface area (Å²) in [5.41, 5.74) is 2.65. The van der Waals surface area contributed by atoms with Gasteiger partial charge in [-0.3, -0.25) is 9.59 Å². The molecular formula is C19H15Cl2N3O3. The Bertz CT molecular complexity index is 1070. The zero-order valence-corrected chi connectivity index (χ0v) is 15.8. The van der Waals surface area contributed by atoms with Gasteiger partial charge in [0, 0.05) is 6.20 Å². The molecule has 1 N–H and O–H groups in total. The Morgan fingerprint density at radius 2 is 2.04 bits per heavy atom. The average molecular weight is 404 g/mol. The topological polar surface area (TPSA) is 76.6 Å². The van der Waals surface area contributed by atoms with E-state index < -0.39 is 11.5 Å². The summed E-state index contributed by atoms with van der Waals surface area (Å²) >= 11 is 11.9. The molecular weight excluding hydrogens is 389 g/mol. The van der Waals surface area contributed by atoms with Crippen molar-refractivity contribution in [2.75, 3.05) is 0 Å². The van der Waals surface area contributed by atoms with Crippen LogP contribution in [0.3, 0.4) is 0 Å². The van der Waals surface area contributed by atoms with Crippen LogP contribution >= 0.6 is 23.2 Å². The number of nitrogens with zero attached hydrogens (tertiary/aromatic N) is 2. The maximum absolute atomic E-state index is 12.6. The number of pyridine rings is 1. The molecule has 138 valence electrons. The van der Waals surface area contributed by atoms with Crippen LogP contribution in [0.4, 0.5) is 0 Å². The first-order valence-corrected chi connectivity index (χ1v) is 8.73. The van der Waals surface area contributed by atoms with E-state index in [0.29, 0.717) is 15.8 Å². The van der Waals surface area contributed by atoms with Crippen molar-refractivity contribution in [2.45, 2.75) is 13.5 Å². The number of furan rings is 1. The number of hydrogen-bond donors (Lipinski definition) is 1. The van der Waals surface area contributed by atoms with E-state index in [0.717, 1.165) is 11.3 Å². The van der Waals surface area contributed by atoms with E-state index in [2.05, 4.69) is 10.5 Å². The van der Waals surface area contributed by atoms with E-state index in [9.17, 15) is 9.59 Å². The monoisotopic (exact) mass is 403 g/mol. The lowest BCUT2D eigenvalue weighted by atomic mass is 10.2. The van der Waals surface area contributed by atoms with E-state index in [1.54, 1.807) is 49.5 Å². The second-order valence-electron chi connectivity index (χ2n) is 5.75. The average Bonchev–Trinajstić information content (AvgIpc) is 3.05. The number of rotatable bonds is 5. The number of amides is 1. The summed E-state index contributed by atoms with van der Waals surface area (Å²) in [4.78, 5) is 24.8. The third-order valence-corrected chi connectivity index (χ3v) is 4.46. The Hall–Kier alpha value is -2.83. The van der Waals surface area contributed by atoms with E-state index in [1.807, 2.05) is 0 Å². The Morgan fingerprint density at radius 3 is 2.74 bits per heavy atom. The second-order valence-corrected chi connectivity index (χ2v) is 6.57. The van der Waals surface area contributed by atoms with Gasteiger partial charge in [0.1, 0.15) is 17.1 Å². The summed E-state index contributed by atoms with van der Waals surface area (Å²) < 4.78 is 6.72. The van der Waals surface area contributed by atoms with Gasteiger partial charge in [-0.2, -0.15) is 5.10 Å². The van der Waals surface area contributed by atoms with Crippen molar-refractivity contribution in [2.24, 2.45) is 5.10 Å². The predicted molar refractivity (Wildman–Crippen MR) is 105 cm³/mol. The molecule has 0 saturated carbocycles. The zero-order valence-electron chi connectivity index (χ0n) is 14.3. The van der Waals surface area contributed by atoms with Gasteiger partial charge in [-0.05, 0) is 48.9 Å². The molecule has 0 radical (unpaired) electrons. The number of halogens is 2. The highest BCUT2D eigenvalue weighted by Crippen LogP contribution is 2.22. The van der Waals surface area contributed by atoms with Crippen LogP contribution in [0.5, 0.6) is 0 Å². The molecule has 8 heteroatoms. The molecule has 1 amide bonds. The normalized spacial score (nSPS) is 11.1. The van der Waals surface area contributed by atoms with E-state index in [1.165, 1.54) is 16.8 Å². The van der Waals surface area contributed by atoms with Crippen LogP contribution in [-0.4, -0.2) is 16.7 Å². The smallest absolute Gasteiger partial charge is 0.276 e. The van der Waals surface area contributed by atoms with Crippen molar-refractivity contribution >= 4 is 35.3 Å². The fraction of sp³-hybridized carbons (Fsp3) is 0.105. The van der Waals surface area contributed by atoms with Crippen molar-refractivity contribution in [3.05, 3.63) is 91.7 Å². The van der Waals surface area contributed by atoms with E-state index in [-0.39, 0.29) is 12.1 Å². The molecule has 2 aromatic heterocycles. The summed E-state index contributed by atoms with van der Waals surface area (Å²) in [5.74, 6) is 0.622. The number of aryl methyl sites for hydroxylation is 1. The van der Waals surface area contributed by atoms with Gasteiger partial charge < -0.3 is 8.98 Å². The van der Waals surface area contributed by atoms with Crippen molar-refractivity contribution in [3.63, 3.8) is 0 Å². The van der Waals surface area contributed by atoms with Crippen LogP contribution < -0.4 is 11.0 Å². The molecule has 3 rings (SSSR count). The summed E-state index contributed by atoms with van der Waals surface area (Å²) in [6, 6.07) is 11.7. The van der Waals surface area contributed by atoms with Gasteiger partial charge in [-0.15, -0.1) is 0 Å². The molecule has 0 unspecified atom stereocenters. The summed E-state index contributed by atoms with van der Waals surface area (Å²) in [6.07, 6.45) is 2.96. The standard InChI is InChI=1S/C19H15Cl2N3O3/c1-12-4-6-14(27-12)10-22-23-18(25)15-3-2-8-24(19(15)26)11-13-5-7-16(20)17(21)9-13/h2-10H,11H2,1H3,(H,23,25)/b22-10-. The molecule has 0 atom stereocenters. The van der Waals surface area contributed by atoms with E-state index >= 15 is 0 Å². The number of carbonyl (C=O) groups is 1. The molecule has 0 aliphatic rings. The maximum Gasteiger partial charge on any atom is 0.276 e. The van der Waals surface area contributed by atoms with Crippen molar-refractivity contribution in [1.82, 2.24) is 9.99 Å². The first kappa shape index (κ1) is 18.9. The van der Waals surface area contributed by atoms with Gasteiger partial charge in [0.05, 0.1) is 22.8 Å². The SMILES string of the molecule is Cc1ccc(/C=N\NC(=O)c2cccn(Cc3ccc(Cl)c(Cl)c3)c2=O)o1. The minimum atomic E-state index is -0.608. The third-order valence-electron chi connectivity index (χ3n) is 3.72.